The molecule has 0 spiro atoms. The molecular weight excluding hydrogens is 243 g/mol. The smallest absolute Gasteiger partial charge is 0.417 e. The third kappa shape index (κ3) is 2.53. The van der Waals surface area contributed by atoms with Crippen molar-refractivity contribution in [3.63, 3.8) is 0 Å². The lowest BCUT2D eigenvalue weighted by Gasteiger charge is -2.28. The molecule has 0 fully saturated rings. The molecule has 0 aromatic carbocycles. The first-order valence-corrected chi connectivity index (χ1v) is 5.28. The Labute approximate surface area is 93.9 Å². The second-order valence-corrected chi connectivity index (χ2v) is 4.19. The van der Waals surface area contributed by atoms with E-state index in [1.807, 2.05) is 5.32 Å². The van der Waals surface area contributed by atoms with Gasteiger partial charge < -0.3 is 5.11 Å². The minimum atomic E-state index is -4.84. The van der Waals surface area contributed by atoms with Crippen LogP contribution in [0.25, 0.3) is 0 Å². The van der Waals surface area contributed by atoms with Crippen molar-refractivity contribution in [3.05, 3.63) is 22.4 Å². The van der Waals surface area contributed by atoms with Gasteiger partial charge in [-0.05, 0) is 29.3 Å². The van der Waals surface area contributed by atoms with Gasteiger partial charge in [0.2, 0.25) is 5.54 Å². The molecule has 1 heterocycles. The third-order valence-electron chi connectivity index (χ3n) is 2.22. The van der Waals surface area contributed by atoms with Gasteiger partial charge in [0.25, 0.3) is 0 Å². The van der Waals surface area contributed by atoms with Crippen LogP contribution in [0.5, 0.6) is 0 Å². The van der Waals surface area contributed by atoms with Crippen LogP contribution in [0.15, 0.2) is 16.8 Å². The molecule has 0 radical (unpaired) electrons. The Balaban J connectivity index is 2.77. The summed E-state index contributed by atoms with van der Waals surface area (Å²) in [6.45, 7) is 0.480. The minimum absolute atomic E-state index is 0.133. The Hall–Kier alpha value is -1.08. The van der Waals surface area contributed by atoms with E-state index in [9.17, 15) is 18.0 Å². The summed E-state index contributed by atoms with van der Waals surface area (Å²) in [5.74, 6) is -1.93. The van der Waals surface area contributed by atoms with Gasteiger partial charge in [-0.25, -0.2) is 4.79 Å². The number of carbonyl (C=O) groups is 1. The van der Waals surface area contributed by atoms with Gasteiger partial charge in [0, 0.05) is 6.54 Å². The van der Waals surface area contributed by atoms with Gasteiger partial charge in [0.15, 0.2) is 0 Å². The van der Waals surface area contributed by atoms with E-state index >= 15 is 0 Å². The highest BCUT2D eigenvalue weighted by Gasteiger charge is 2.57. The Morgan fingerprint density at radius 2 is 2.19 bits per heavy atom. The number of hydrogen-bond acceptors (Lipinski definition) is 3. The summed E-state index contributed by atoms with van der Waals surface area (Å²) in [5, 5.41) is 14.0. The van der Waals surface area contributed by atoms with Crippen LogP contribution >= 0.6 is 11.3 Å². The molecule has 16 heavy (non-hydrogen) atoms. The highest BCUT2D eigenvalue weighted by Crippen LogP contribution is 2.30. The largest absolute Gasteiger partial charge is 0.480 e. The molecule has 0 saturated heterocycles. The molecule has 0 saturated carbocycles. The topological polar surface area (TPSA) is 49.3 Å². The van der Waals surface area contributed by atoms with Crippen LogP contribution in [0.4, 0.5) is 13.2 Å². The average Bonchev–Trinajstić information content (AvgIpc) is 2.64. The molecule has 0 bridgehead atoms. The van der Waals surface area contributed by atoms with Crippen molar-refractivity contribution >= 4 is 17.3 Å². The van der Waals surface area contributed by atoms with Crippen molar-refractivity contribution in [2.45, 2.75) is 25.2 Å². The van der Waals surface area contributed by atoms with Gasteiger partial charge in [-0.1, -0.05) is 0 Å². The molecule has 1 aromatic heterocycles. The fourth-order valence-electron chi connectivity index (χ4n) is 0.969. The van der Waals surface area contributed by atoms with Crippen molar-refractivity contribution in [1.29, 1.82) is 0 Å². The zero-order chi connectivity index (χ0) is 12.4. The van der Waals surface area contributed by atoms with Crippen molar-refractivity contribution in [2.24, 2.45) is 0 Å². The van der Waals surface area contributed by atoms with Gasteiger partial charge in [-0.15, -0.1) is 0 Å². The first-order chi connectivity index (χ1) is 7.27. The second kappa shape index (κ2) is 4.42. The van der Waals surface area contributed by atoms with Gasteiger partial charge in [0.05, 0.1) is 0 Å². The van der Waals surface area contributed by atoms with E-state index in [4.69, 9.17) is 5.11 Å². The predicted molar refractivity (Wildman–Crippen MR) is 53.3 cm³/mol. The zero-order valence-corrected chi connectivity index (χ0v) is 9.15. The van der Waals surface area contributed by atoms with E-state index in [1.165, 1.54) is 11.3 Å². The minimum Gasteiger partial charge on any atom is -0.480 e. The average molecular weight is 253 g/mol. The quantitative estimate of drug-likeness (QED) is 0.865. The lowest BCUT2D eigenvalue weighted by Crippen LogP contribution is -2.59. The van der Waals surface area contributed by atoms with Crippen LogP contribution in [0, 0.1) is 0 Å². The highest BCUT2D eigenvalue weighted by atomic mass is 32.1. The predicted octanol–water partition coefficient (Wildman–Crippen LogP) is 2.24. The molecule has 2 N–H and O–H groups in total. The van der Waals surface area contributed by atoms with E-state index in [0.717, 1.165) is 0 Å². The van der Waals surface area contributed by atoms with Gasteiger partial charge in [0.1, 0.15) is 0 Å². The summed E-state index contributed by atoms with van der Waals surface area (Å²) < 4.78 is 37.6. The van der Waals surface area contributed by atoms with E-state index in [0.29, 0.717) is 12.5 Å². The molecule has 1 aromatic rings. The summed E-state index contributed by atoms with van der Waals surface area (Å²) in [7, 11) is 0. The number of carboxylic acid groups (broad SMARTS) is 1. The number of nitrogens with one attached hydrogen (secondary N) is 1. The van der Waals surface area contributed by atoms with Crippen LogP contribution in [0.2, 0.25) is 0 Å². The van der Waals surface area contributed by atoms with E-state index < -0.39 is 17.7 Å². The first kappa shape index (κ1) is 13.0. The normalized spacial score (nSPS) is 15.8. The summed E-state index contributed by atoms with van der Waals surface area (Å²) >= 11 is 1.34. The first-order valence-electron chi connectivity index (χ1n) is 4.33. The SMILES string of the molecule is CC(NCc1ccsc1)(C(=O)O)C(F)(F)F. The highest BCUT2D eigenvalue weighted by molar-refractivity contribution is 7.07. The van der Waals surface area contributed by atoms with Crippen molar-refractivity contribution in [1.82, 2.24) is 5.32 Å². The molecule has 7 heteroatoms. The maximum Gasteiger partial charge on any atom is 0.417 e. The molecule has 1 unspecified atom stereocenters. The van der Waals surface area contributed by atoms with Gasteiger partial charge in [-0.2, -0.15) is 24.5 Å². The third-order valence-corrected chi connectivity index (χ3v) is 2.95. The summed E-state index contributed by atoms with van der Waals surface area (Å²) in [6, 6.07) is 1.64. The summed E-state index contributed by atoms with van der Waals surface area (Å²) in [4.78, 5) is 10.6. The molecule has 0 aliphatic carbocycles. The molecule has 1 atom stereocenters. The molecular formula is C9H10F3NO2S. The van der Waals surface area contributed by atoms with Crippen molar-refractivity contribution in [2.75, 3.05) is 0 Å². The number of hydrogen-bond donors (Lipinski definition) is 2. The standard InChI is InChI=1S/C9H10F3NO2S/c1-8(7(14)15,9(10,11)12)13-4-6-2-3-16-5-6/h2-3,5,13H,4H2,1H3,(H,14,15). The number of carboxylic acids is 1. The van der Waals surface area contributed by atoms with E-state index in [2.05, 4.69) is 0 Å². The maximum atomic E-state index is 12.5. The number of thiophene rings is 1. The number of halogens is 3. The number of alkyl halides is 3. The van der Waals surface area contributed by atoms with E-state index in [-0.39, 0.29) is 6.54 Å². The molecule has 1 rings (SSSR count). The Morgan fingerprint density at radius 1 is 1.56 bits per heavy atom. The summed E-state index contributed by atoms with van der Waals surface area (Å²) in [5.41, 5.74) is -2.30. The Kier molecular flexibility index (Phi) is 3.59. The van der Waals surface area contributed by atoms with Crippen LogP contribution in [-0.2, 0) is 11.3 Å². The number of aliphatic carboxylic acids is 1. The lowest BCUT2D eigenvalue weighted by molar-refractivity contribution is -0.206. The van der Waals surface area contributed by atoms with Gasteiger partial charge in [-0.3, -0.25) is 5.32 Å². The molecule has 0 aliphatic heterocycles. The Bertz CT molecular complexity index is 363. The van der Waals surface area contributed by atoms with Crippen molar-refractivity contribution in [3.8, 4) is 0 Å². The fraction of sp³-hybridized carbons (Fsp3) is 0.444. The monoisotopic (exact) mass is 253 g/mol. The van der Waals surface area contributed by atoms with E-state index in [1.54, 1.807) is 16.8 Å². The molecule has 3 nitrogen and oxygen atoms in total. The second-order valence-electron chi connectivity index (χ2n) is 3.41. The molecule has 0 amide bonds. The Morgan fingerprint density at radius 3 is 2.56 bits per heavy atom. The molecule has 90 valence electrons. The van der Waals surface area contributed by atoms with Gasteiger partial charge >= 0.3 is 12.1 Å². The maximum absolute atomic E-state index is 12.5. The lowest BCUT2D eigenvalue weighted by atomic mass is 10.0. The fourth-order valence-corrected chi connectivity index (χ4v) is 1.64. The van der Waals surface area contributed by atoms with Crippen molar-refractivity contribution < 1.29 is 23.1 Å². The van der Waals surface area contributed by atoms with Crippen LogP contribution in [0.3, 0.4) is 0 Å². The number of rotatable bonds is 4. The van der Waals surface area contributed by atoms with Crippen LogP contribution in [-0.4, -0.2) is 22.8 Å². The van der Waals surface area contributed by atoms with Crippen LogP contribution in [0.1, 0.15) is 12.5 Å². The zero-order valence-electron chi connectivity index (χ0n) is 8.34. The van der Waals surface area contributed by atoms with Crippen LogP contribution < -0.4 is 5.32 Å². The summed E-state index contributed by atoms with van der Waals surface area (Å²) in [6.07, 6.45) is -4.84. The molecule has 0 aliphatic rings.